The molecule has 1 saturated carbocycles. The Labute approximate surface area is 108 Å². The van der Waals surface area contributed by atoms with Crippen LogP contribution in [-0.2, 0) is 13.1 Å². The normalized spacial score (nSPS) is 20.7. The van der Waals surface area contributed by atoms with Crippen molar-refractivity contribution in [2.45, 2.75) is 51.2 Å². The Bertz CT molecular complexity index is 475. The van der Waals surface area contributed by atoms with Crippen LogP contribution in [0.4, 0.5) is 0 Å². The third-order valence-corrected chi connectivity index (χ3v) is 4.22. The summed E-state index contributed by atoms with van der Waals surface area (Å²) in [6.07, 6.45) is 4.66. The molecule has 0 bridgehead atoms. The van der Waals surface area contributed by atoms with Crippen LogP contribution in [-0.4, -0.2) is 11.4 Å². The van der Waals surface area contributed by atoms with Gasteiger partial charge in [-0.05, 0) is 43.0 Å². The number of rotatable bonds is 2. The quantitative estimate of drug-likeness (QED) is 0.838. The fraction of sp³-hybridized carbons (Fsp3) is 0.533. The number of fused-ring (bicyclic) bond motifs is 1. The van der Waals surface area contributed by atoms with Crippen LogP contribution in [0.25, 0.3) is 0 Å². The molecule has 18 heavy (non-hydrogen) atoms. The summed E-state index contributed by atoms with van der Waals surface area (Å²) in [5, 5.41) is 6.51. The van der Waals surface area contributed by atoms with E-state index in [2.05, 4.69) is 23.6 Å². The molecule has 0 unspecified atom stereocenters. The minimum atomic E-state index is 0.00828. The fourth-order valence-corrected chi connectivity index (χ4v) is 3.06. The molecule has 0 spiro atoms. The van der Waals surface area contributed by atoms with E-state index >= 15 is 0 Å². The predicted octanol–water partition coefficient (Wildman–Crippen LogP) is 2.35. The van der Waals surface area contributed by atoms with Gasteiger partial charge in [-0.25, -0.2) is 0 Å². The van der Waals surface area contributed by atoms with Gasteiger partial charge in [0, 0.05) is 24.2 Å². The zero-order valence-corrected chi connectivity index (χ0v) is 10.9. The van der Waals surface area contributed by atoms with Gasteiger partial charge in [0.2, 0.25) is 0 Å². The number of carbonyl (C=O) groups is 1. The Morgan fingerprint density at radius 3 is 2.72 bits per heavy atom. The molecule has 96 valence electrons. The molecule has 1 aromatic rings. The van der Waals surface area contributed by atoms with Crippen molar-refractivity contribution in [3.05, 3.63) is 34.9 Å². The molecule has 0 radical (unpaired) electrons. The predicted molar refractivity (Wildman–Crippen MR) is 71.3 cm³/mol. The molecule has 3 heteroatoms. The first-order valence-corrected chi connectivity index (χ1v) is 6.81. The highest BCUT2D eigenvalue weighted by atomic mass is 16.1. The summed E-state index contributed by atoms with van der Waals surface area (Å²) in [5.41, 5.74) is 3.39. The minimum Gasteiger partial charge on any atom is -0.347 e. The lowest BCUT2D eigenvalue weighted by molar-refractivity contribution is 0.0908. The molecule has 3 nitrogen and oxygen atoms in total. The van der Waals surface area contributed by atoms with E-state index in [1.54, 1.807) is 0 Å². The van der Waals surface area contributed by atoms with Crippen molar-refractivity contribution in [3.8, 4) is 0 Å². The molecule has 1 aliphatic heterocycles. The van der Waals surface area contributed by atoms with E-state index in [-0.39, 0.29) is 11.4 Å². The Morgan fingerprint density at radius 2 is 1.94 bits per heavy atom. The second-order valence-corrected chi connectivity index (χ2v) is 5.81. The van der Waals surface area contributed by atoms with E-state index in [1.165, 1.54) is 24.0 Å². The Balaban J connectivity index is 1.76. The highest BCUT2D eigenvalue weighted by Crippen LogP contribution is 2.29. The highest BCUT2D eigenvalue weighted by molar-refractivity contribution is 5.95. The van der Waals surface area contributed by atoms with Gasteiger partial charge in [-0.2, -0.15) is 0 Å². The molecule has 1 aromatic carbocycles. The highest BCUT2D eigenvalue weighted by Gasteiger charge is 2.30. The van der Waals surface area contributed by atoms with Crippen LogP contribution in [0.1, 0.15) is 54.1 Å². The number of hydrogen-bond donors (Lipinski definition) is 2. The SMILES string of the molecule is CC1(NC(=O)c2ccc3c(c2)CNC3)CCCC1. The lowest BCUT2D eigenvalue weighted by Gasteiger charge is -2.25. The lowest BCUT2D eigenvalue weighted by atomic mass is 9.99. The number of amides is 1. The fourth-order valence-electron chi connectivity index (χ4n) is 3.06. The largest absolute Gasteiger partial charge is 0.347 e. The van der Waals surface area contributed by atoms with Crippen molar-refractivity contribution in [1.82, 2.24) is 10.6 Å². The van der Waals surface area contributed by atoms with Gasteiger partial charge in [-0.3, -0.25) is 4.79 Å². The molecular weight excluding hydrogens is 224 g/mol. The van der Waals surface area contributed by atoms with Crippen LogP contribution >= 0.6 is 0 Å². The summed E-state index contributed by atoms with van der Waals surface area (Å²) in [5.74, 6) is 0.0779. The van der Waals surface area contributed by atoms with E-state index in [1.807, 2.05) is 12.1 Å². The van der Waals surface area contributed by atoms with Crippen molar-refractivity contribution < 1.29 is 4.79 Å². The Morgan fingerprint density at radius 1 is 1.22 bits per heavy atom. The first kappa shape index (κ1) is 11.7. The van der Waals surface area contributed by atoms with E-state index in [0.717, 1.165) is 31.5 Å². The van der Waals surface area contributed by atoms with Crippen molar-refractivity contribution >= 4 is 5.91 Å². The average Bonchev–Trinajstić information content (AvgIpc) is 2.96. The standard InChI is InChI=1S/C15H20N2O/c1-15(6-2-3-7-15)17-14(18)11-4-5-12-9-16-10-13(12)8-11/h4-5,8,16H,2-3,6-7,9-10H2,1H3,(H,17,18). The van der Waals surface area contributed by atoms with Gasteiger partial charge in [0.05, 0.1) is 0 Å². The summed E-state index contributed by atoms with van der Waals surface area (Å²) < 4.78 is 0. The van der Waals surface area contributed by atoms with Crippen LogP contribution in [0, 0.1) is 0 Å². The van der Waals surface area contributed by atoms with Gasteiger partial charge in [0.25, 0.3) is 5.91 Å². The molecule has 1 fully saturated rings. The van der Waals surface area contributed by atoms with Crippen LogP contribution in [0.3, 0.4) is 0 Å². The minimum absolute atomic E-state index is 0.00828. The van der Waals surface area contributed by atoms with Crippen molar-refractivity contribution in [2.24, 2.45) is 0 Å². The first-order valence-electron chi connectivity index (χ1n) is 6.81. The molecule has 2 N–H and O–H groups in total. The maximum Gasteiger partial charge on any atom is 0.251 e. The summed E-state index contributed by atoms with van der Waals surface area (Å²) >= 11 is 0. The molecular formula is C15H20N2O. The van der Waals surface area contributed by atoms with Gasteiger partial charge in [0.15, 0.2) is 0 Å². The topological polar surface area (TPSA) is 41.1 Å². The number of hydrogen-bond acceptors (Lipinski definition) is 2. The summed E-state index contributed by atoms with van der Waals surface area (Å²) in [7, 11) is 0. The molecule has 1 amide bonds. The molecule has 0 aromatic heterocycles. The molecule has 2 aliphatic rings. The second-order valence-electron chi connectivity index (χ2n) is 5.81. The van der Waals surface area contributed by atoms with E-state index in [4.69, 9.17) is 0 Å². The molecule has 1 heterocycles. The van der Waals surface area contributed by atoms with E-state index < -0.39 is 0 Å². The van der Waals surface area contributed by atoms with Gasteiger partial charge in [-0.15, -0.1) is 0 Å². The molecule has 0 atom stereocenters. The monoisotopic (exact) mass is 244 g/mol. The van der Waals surface area contributed by atoms with Crippen molar-refractivity contribution in [3.63, 3.8) is 0 Å². The number of nitrogens with one attached hydrogen (secondary N) is 2. The van der Waals surface area contributed by atoms with Gasteiger partial charge in [0.1, 0.15) is 0 Å². The van der Waals surface area contributed by atoms with Crippen LogP contribution in [0.5, 0.6) is 0 Å². The van der Waals surface area contributed by atoms with Crippen LogP contribution in [0.2, 0.25) is 0 Å². The third-order valence-electron chi connectivity index (χ3n) is 4.22. The average molecular weight is 244 g/mol. The van der Waals surface area contributed by atoms with Crippen LogP contribution in [0.15, 0.2) is 18.2 Å². The van der Waals surface area contributed by atoms with Crippen molar-refractivity contribution in [1.29, 1.82) is 0 Å². The number of carbonyl (C=O) groups excluding carboxylic acids is 1. The zero-order chi connectivity index (χ0) is 12.6. The van der Waals surface area contributed by atoms with Crippen LogP contribution < -0.4 is 10.6 Å². The first-order chi connectivity index (χ1) is 8.66. The summed E-state index contributed by atoms with van der Waals surface area (Å²) in [6.45, 7) is 3.97. The van der Waals surface area contributed by atoms with E-state index in [9.17, 15) is 4.79 Å². The molecule has 1 aliphatic carbocycles. The van der Waals surface area contributed by atoms with Crippen molar-refractivity contribution in [2.75, 3.05) is 0 Å². The Hall–Kier alpha value is -1.35. The second kappa shape index (κ2) is 4.39. The molecule has 0 saturated heterocycles. The maximum atomic E-state index is 12.3. The van der Waals surface area contributed by atoms with Gasteiger partial charge < -0.3 is 10.6 Å². The molecule has 3 rings (SSSR count). The maximum absolute atomic E-state index is 12.3. The van der Waals surface area contributed by atoms with E-state index in [0.29, 0.717) is 0 Å². The zero-order valence-electron chi connectivity index (χ0n) is 10.9. The third kappa shape index (κ3) is 2.15. The Kier molecular flexibility index (Phi) is 2.86. The summed E-state index contributed by atoms with van der Waals surface area (Å²) in [4.78, 5) is 12.3. The van der Waals surface area contributed by atoms with Gasteiger partial charge >= 0.3 is 0 Å². The summed E-state index contributed by atoms with van der Waals surface area (Å²) in [6, 6.07) is 6.05. The van der Waals surface area contributed by atoms with Gasteiger partial charge in [-0.1, -0.05) is 18.9 Å². The smallest absolute Gasteiger partial charge is 0.251 e. The number of benzene rings is 1. The lowest BCUT2D eigenvalue weighted by Crippen LogP contribution is -2.43.